The van der Waals surface area contributed by atoms with Gasteiger partial charge in [-0.1, -0.05) is 91.9 Å². The molecule has 0 spiro atoms. The maximum absolute atomic E-state index is 4.00. The molecule has 0 radical (unpaired) electrons. The van der Waals surface area contributed by atoms with Crippen molar-refractivity contribution >= 4 is 0 Å². The van der Waals surface area contributed by atoms with Crippen LogP contribution >= 0.6 is 0 Å². The van der Waals surface area contributed by atoms with Gasteiger partial charge in [0.1, 0.15) is 0 Å². The van der Waals surface area contributed by atoms with Gasteiger partial charge in [0.25, 0.3) is 0 Å². The van der Waals surface area contributed by atoms with E-state index in [0.717, 1.165) is 12.8 Å². The van der Waals surface area contributed by atoms with Crippen molar-refractivity contribution in [1.29, 1.82) is 0 Å². The van der Waals surface area contributed by atoms with Crippen LogP contribution in [0.25, 0.3) is 11.1 Å². The second-order valence-corrected chi connectivity index (χ2v) is 6.20. The number of rotatable bonds is 6. The highest BCUT2D eigenvalue weighted by Crippen LogP contribution is 2.32. The lowest BCUT2D eigenvalue weighted by Gasteiger charge is -2.16. The minimum absolute atomic E-state index is 0.408. The Labute approximate surface area is 145 Å². The maximum Gasteiger partial charge on any atom is 0.00188 e. The molecule has 0 saturated heterocycles. The zero-order valence-corrected chi connectivity index (χ0v) is 14.3. The lowest BCUT2D eigenvalue weighted by atomic mass is 9.88. The summed E-state index contributed by atoms with van der Waals surface area (Å²) >= 11 is 0. The summed E-state index contributed by atoms with van der Waals surface area (Å²) < 4.78 is 0. The van der Waals surface area contributed by atoms with Gasteiger partial charge in [0.05, 0.1) is 0 Å². The van der Waals surface area contributed by atoms with Crippen LogP contribution < -0.4 is 0 Å². The zero-order chi connectivity index (χ0) is 16.8. The number of hydrogen-bond acceptors (Lipinski definition) is 0. The van der Waals surface area contributed by atoms with Gasteiger partial charge in [-0.25, -0.2) is 0 Å². The van der Waals surface area contributed by atoms with Gasteiger partial charge in [0.15, 0.2) is 0 Å². The Balaban J connectivity index is 1.87. The quantitative estimate of drug-likeness (QED) is 0.448. The topological polar surface area (TPSA) is 0 Å². The first-order valence-corrected chi connectivity index (χ1v) is 8.66. The molecule has 0 bridgehead atoms. The molecule has 1 unspecified atom stereocenters. The minimum atomic E-state index is 0.408. The second kappa shape index (κ2) is 7.79. The SMILES string of the molecule is C=CC(CC)c1ccccc1-c1ccc(Cc2ccccc2)cc1. The molecule has 0 heterocycles. The van der Waals surface area contributed by atoms with Crippen molar-refractivity contribution in [2.24, 2.45) is 0 Å². The molecule has 0 N–H and O–H groups in total. The van der Waals surface area contributed by atoms with E-state index in [1.807, 2.05) is 0 Å². The van der Waals surface area contributed by atoms with E-state index in [1.54, 1.807) is 0 Å². The summed E-state index contributed by atoms with van der Waals surface area (Å²) in [5.74, 6) is 0.408. The lowest BCUT2D eigenvalue weighted by Crippen LogP contribution is -1.96. The highest BCUT2D eigenvalue weighted by molar-refractivity contribution is 5.68. The van der Waals surface area contributed by atoms with Crippen molar-refractivity contribution < 1.29 is 0 Å². The number of hydrogen-bond donors (Lipinski definition) is 0. The molecule has 0 saturated carbocycles. The van der Waals surface area contributed by atoms with Gasteiger partial charge in [-0.2, -0.15) is 0 Å². The Kier molecular flexibility index (Phi) is 5.28. The van der Waals surface area contributed by atoms with Gasteiger partial charge < -0.3 is 0 Å². The largest absolute Gasteiger partial charge is 0.102 e. The third-order valence-corrected chi connectivity index (χ3v) is 4.60. The van der Waals surface area contributed by atoms with E-state index in [1.165, 1.54) is 27.8 Å². The molecule has 120 valence electrons. The Hall–Kier alpha value is -2.60. The molecule has 0 fully saturated rings. The predicted molar refractivity (Wildman–Crippen MR) is 104 cm³/mol. The van der Waals surface area contributed by atoms with E-state index in [4.69, 9.17) is 0 Å². The fourth-order valence-corrected chi connectivity index (χ4v) is 3.23. The minimum Gasteiger partial charge on any atom is -0.102 e. The maximum atomic E-state index is 4.00. The molecule has 24 heavy (non-hydrogen) atoms. The van der Waals surface area contributed by atoms with Crippen molar-refractivity contribution in [3.8, 4) is 11.1 Å². The van der Waals surface area contributed by atoms with Crippen LogP contribution in [0.2, 0.25) is 0 Å². The molecule has 3 aromatic carbocycles. The van der Waals surface area contributed by atoms with E-state index in [0.29, 0.717) is 5.92 Å². The number of benzene rings is 3. The summed E-state index contributed by atoms with van der Waals surface area (Å²) in [6.45, 7) is 6.22. The molecule has 0 amide bonds. The summed E-state index contributed by atoms with van der Waals surface area (Å²) in [6, 6.07) is 28.3. The van der Waals surface area contributed by atoms with Gasteiger partial charge in [-0.3, -0.25) is 0 Å². The van der Waals surface area contributed by atoms with Crippen LogP contribution in [0.15, 0.2) is 91.5 Å². The molecular formula is C24H24. The summed E-state index contributed by atoms with van der Waals surface area (Å²) in [7, 11) is 0. The van der Waals surface area contributed by atoms with Crippen molar-refractivity contribution in [3.63, 3.8) is 0 Å². The van der Waals surface area contributed by atoms with Crippen LogP contribution in [0.5, 0.6) is 0 Å². The Morgan fingerprint density at radius 2 is 1.42 bits per heavy atom. The Bertz CT molecular complexity index is 782. The summed E-state index contributed by atoms with van der Waals surface area (Å²) in [5, 5.41) is 0. The molecule has 0 aromatic heterocycles. The van der Waals surface area contributed by atoms with E-state index in [2.05, 4.69) is 98.4 Å². The summed E-state index contributed by atoms with van der Waals surface area (Å²) in [5.41, 5.74) is 6.66. The smallest absolute Gasteiger partial charge is 0.00188 e. The monoisotopic (exact) mass is 312 g/mol. The van der Waals surface area contributed by atoms with E-state index < -0.39 is 0 Å². The zero-order valence-electron chi connectivity index (χ0n) is 14.3. The lowest BCUT2D eigenvalue weighted by molar-refractivity contribution is 0.809. The average molecular weight is 312 g/mol. The molecule has 1 atom stereocenters. The highest BCUT2D eigenvalue weighted by atomic mass is 14.2. The fourth-order valence-electron chi connectivity index (χ4n) is 3.23. The van der Waals surface area contributed by atoms with Crippen LogP contribution in [0.4, 0.5) is 0 Å². The Morgan fingerprint density at radius 1 is 0.792 bits per heavy atom. The first-order valence-electron chi connectivity index (χ1n) is 8.66. The van der Waals surface area contributed by atoms with E-state index in [-0.39, 0.29) is 0 Å². The molecule has 3 rings (SSSR count). The molecule has 0 aliphatic heterocycles. The van der Waals surface area contributed by atoms with Crippen LogP contribution in [-0.4, -0.2) is 0 Å². The van der Waals surface area contributed by atoms with E-state index >= 15 is 0 Å². The molecule has 0 aliphatic carbocycles. The first-order chi connectivity index (χ1) is 11.8. The normalized spacial score (nSPS) is 11.9. The molecule has 0 heteroatoms. The van der Waals surface area contributed by atoms with Crippen molar-refractivity contribution in [1.82, 2.24) is 0 Å². The van der Waals surface area contributed by atoms with Crippen molar-refractivity contribution in [2.45, 2.75) is 25.7 Å². The van der Waals surface area contributed by atoms with Crippen molar-refractivity contribution in [2.75, 3.05) is 0 Å². The molecule has 0 aliphatic rings. The Morgan fingerprint density at radius 3 is 2.08 bits per heavy atom. The number of allylic oxidation sites excluding steroid dienone is 1. The van der Waals surface area contributed by atoms with Gasteiger partial charge in [0.2, 0.25) is 0 Å². The predicted octanol–water partition coefficient (Wildman–Crippen LogP) is 6.62. The van der Waals surface area contributed by atoms with Crippen LogP contribution in [-0.2, 0) is 6.42 Å². The van der Waals surface area contributed by atoms with Crippen molar-refractivity contribution in [3.05, 3.63) is 108 Å². The second-order valence-electron chi connectivity index (χ2n) is 6.20. The molecular weight excluding hydrogens is 288 g/mol. The summed E-state index contributed by atoms with van der Waals surface area (Å²) in [4.78, 5) is 0. The van der Waals surface area contributed by atoms with Gasteiger partial charge >= 0.3 is 0 Å². The van der Waals surface area contributed by atoms with Gasteiger partial charge in [-0.15, -0.1) is 6.58 Å². The van der Waals surface area contributed by atoms with E-state index in [9.17, 15) is 0 Å². The van der Waals surface area contributed by atoms with Crippen LogP contribution in [0.3, 0.4) is 0 Å². The van der Waals surface area contributed by atoms with Crippen LogP contribution in [0.1, 0.15) is 36.0 Å². The standard InChI is InChI=1S/C24H24/c1-3-21(4-2)23-12-8-9-13-24(23)22-16-14-20(15-17-22)18-19-10-6-5-7-11-19/h3,5-17,21H,1,4,18H2,2H3. The third kappa shape index (κ3) is 3.65. The fraction of sp³-hybridized carbons (Fsp3) is 0.167. The van der Waals surface area contributed by atoms with Crippen LogP contribution in [0, 0.1) is 0 Å². The third-order valence-electron chi connectivity index (χ3n) is 4.60. The average Bonchev–Trinajstić information content (AvgIpc) is 2.65. The van der Waals surface area contributed by atoms with Gasteiger partial charge in [0, 0.05) is 5.92 Å². The summed E-state index contributed by atoms with van der Waals surface area (Å²) in [6.07, 6.45) is 4.11. The van der Waals surface area contributed by atoms with Gasteiger partial charge in [-0.05, 0) is 40.7 Å². The molecule has 0 nitrogen and oxygen atoms in total. The highest BCUT2D eigenvalue weighted by Gasteiger charge is 2.11. The molecule has 3 aromatic rings. The first kappa shape index (κ1) is 16.3.